The number of unbranched alkanes of at least 4 members (excludes halogenated alkanes) is 2. The van der Waals surface area contributed by atoms with Crippen molar-refractivity contribution in [2.75, 3.05) is 6.54 Å². The van der Waals surface area contributed by atoms with Crippen LogP contribution in [0, 0.1) is 0 Å². The summed E-state index contributed by atoms with van der Waals surface area (Å²) >= 11 is 0. The molecule has 1 heterocycles. The molecule has 4 nitrogen and oxygen atoms in total. The van der Waals surface area contributed by atoms with Gasteiger partial charge in [0.2, 0.25) is 0 Å². The number of ether oxygens (including phenoxy) is 2. The van der Waals surface area contributed by atoms with Crippen molar-refractivity contribution in [3.05, 3.63) is 0 Å². The van der Waals surface area contributed by atoms with Gasteiger partial charge in [0.25, 0.3) is 0 Å². The van der Waals surface area contributed by atoms with E-state index in [1.807, 2.05) is 6.92 Å². The van der Waals surface area contributed by atoms with Gasteiger partial charge < -0.3 is 9.47 Å². The van der Waals surface area contributed by atoms with Crippen molar-refractivity contribution in [3.8, 4) is 0 Å². The number of carbonyl (C=O) groups is 1. The molecule has 0 saturated carbocycles. The van der Waals surface area contributed by atoms with Crippen LogP contribution in [0.1, 0.15) is 58.8 Å². The normalized spacial score (nSPS) is 21.2. The van der Waals surface area contributed by atoms with E-state index in [0.717, 1.165) is 38.6 Å². The van der Waals surface area contributed by atoms with Crippen LogP contribution in [0.5, 0.6) is 0 Å². The average Bonchev–Trinajstić information content (AvgIpc) is 2.80. The van der Waals surface area contributed by atoms with Crippen LogP contribution in [-0.4, -0.2) is 25.0 Å². The van der Waals surface area contributed by atoms with Crippen molar-refractivity contribution in [2.45, 2.75) is 71.1 Å². The van der Waals surface area contributed by atoms with Gasteiger partial charge in [0.1, 0.15) is 6.10 Å². The number of nitrogens with zero attached hydrogens (tertiary/aromatic N) is 1. The predicted octanol–water partition coefficient (Wildman–Crippen LogP) is 3.22. The van der Waals surface area contributed by atoms with Gasteiger partial charge in [-0.3, -0.25) is 0 Å². The maximum atomic E-state index is 11.5. The second-order valence-electron chi connectivity index (χ2n) is 4.51. The first-order valence-corrected chi connectivity index (χ1v) is 6.80. The maximum Gasteiger partial charge on any atom is 0.510 e. The van der Waals surface area contributed by atoms with Gasteiger partial charge in [-0.15, -0.1) is 0 Å². The van der Waals surface area contributed by atoms with Gasteiger partial charge in [0, 0.05) is 13.0 Å². The fourth-order valence-corrected chi connectivity index (χ4v) is 1.93. The number of rotatable bonds is 7. The molecule has 0 aliphatic carbocycles. The Balaban J connectivity index is 2.16. The molecule has 1 saturated heterocycles. The Hall–Kier alpha value is -0.770. The summed E-state index contributed by atoms with van der Waals surface area (Å²) in [6.07, 6.45) is 6.27. The lowest BCUT2D eigenvalue weighted by Crippen LogP contribution is -2.26. The Kier molecular flexibility index (Phi) is 7.01. The van der Waals surface area contributed by atoms with Gasteiger partial charge in [-0.25, -0.2) is 10.1 Å². The Morgan fingerprint density at radius 2 is 2.24 bits per heavy atom. The average molecular weight is 242 g/mol. The molecule has 1 aliphatic heterocycles. The molecule has 2 atom stereocenters. The molecule has 17 heavy (non-hydrogen) atoms. The molecular formula is C13H24NO3. The highest BCUT2D eigenvalue weighted by atomic mass is 16.7. The standard InChI is InChI=1S/C13H24NO3/c1-3-5-6-8-11(4-2)16-13(15)17-12-9-7-10-14-12/h11-12H,3-10H2,1-2H3. The van der Waals surface area contributed by atoms with E-state index >= 15 is 0 Å². The van der Waals surface area contributed by atoms with Gasteiger partial charge in [-0.1, -0.05) is 26.7 Å². The number of hydrogen-bond acceptors (Lipinski definition) is 3. The van der Waals surface area contributed by atoms with Crippen molar-refractivity contribution in [1.29, 1.82) is 0 Å². The zero-order valence-corrected chi connectivity index (χ0v) is 11.0. The SMILES string of the molecule is CCCCCC(CC)OC(=O)OC1CCC[N]1. The van der Waals surface area contributed by atoms with Crippen molar-refractivity contribution in [1.82, 2.24) is 5.32 Å². The van der Waals surface area contributed by atoms with E-state index in [1.54, 1.807) is 0 Å². The molecule has 99 valence electrons. The topological polar surface area (TPSA) is 49.6 Å². The quantitative estimate of drug-likeness (QED) is 0.508. The van der Waals surface area contributed by atoms with Crippen LogP contribution in [0.2, 0.25) is 0 Å². The molecule has 2 unspecified atom stereocenters. The first-order chi connectivity index (χ1) is 8.26. The zero-order valence-electron chi connectivity index (χ0n) is 11.0. The Morgan fingerprint density at radius 3 is 2.82 bits per heavy atom. The molecule has 1 aliphatic rings. The summed E-state index contributed by atoms with van der Waals surface area (Å²) in [5, 5.41) is 4.16. The number of hydrogen-bond donors (Lipinski definition) is 0. The fourth-order valence-electron chi connectivity index (χ4n) is 1.93. The van der Waals surface area contributed by atoms with Crippen LogP contribution in [0.15, 0.2) is 0 Å². The van der Waals surface area contributed by atoms with E-state index in [4.69, 9.17) is 9.47 Å². The summed E-state index contributed by atoms with van der Waals surface area (Å²) in [7, 11) is 0. The molecule has 1 rings (SSSR count). The maximum absolute atomic E-state index is 11.5. The summed E-state index contributed by atoms with van der Waals surface area (Å²) in [5.41, 5.74) is 0. The second-order valence-corrected chi connectivity index (χ2v) is 4.51. The minimum Gasteiger partial charge on any atom is -0.431 e. The molecule has 0 N–H and O–H groups in total. The van der Waals surface area contributed by atoms with Gasteiger partial charge >= 0.3 is 6.16 Å². The summed E-state index contributed by atoms with van der Waals surface area (Å²) in [6, 6.07) is 0. The van der Waals surface area contributed by atoms with Crippen LogP contribution >= 0.6 is 0 Å². The third kappa shape index (κ3) is 5.91. The predicted molar refractivity (Wildman–Crippen MR) is 65.8 cm³/mol. The van der Waals surface area contributed by atoms with E-state index in [1.165, 1.54) is 12.8 Å². The Bertz CT molecular complexity index is 215. The molecule has 1 fully saturated rings. The third-order valence-electron chi connectivity index (χ3n) is 3.02. The Labute approximate surface area is 104 Å². The molecule has 0 aromatic rings. The van der Waals surface area contributed by atoms with Crippen LogP contribution < -0.4 is 5.32 Å². The van der Waals surface area contributed by atoms with E-state index in [9.17, 15) is 4.79 Å². The van der Waals surface area contributed by atoms with Crippen molar-refractivity contribution in [2.24, 2.45) is 0 Å². The van der Waals surface area contributed by atoms with Crippen molar-refractivity contribution < 1.29 is 14.3 Å². The Morgan fingerprint density at radius 1 is 1.41 bits per heavy atom. The summed E-state index contributed by atoms with van der Waals surface area (Å²) < 4.78 is 10.4. The highest BCUT2D eigenvalue weighted by Crippen LogP contribution is 2.13. The molecule has 0 aromatic heterocycles. The van der Waals surface area contributed by atoms with Crippen LogP contribution in [0.3, 0.4) is 0 Å². The van der Waals surface area contributed by atoms with E-state index < -0.39 is 6.16 Å². The minimum atomic E-state index is -0.552. The lowest BCUT2D eigenvalue weighted by Gasteiger charge is -2.17. The smallest absolute Gasteiger partial charge is 0.431 e. The first kappa shape index (κ1) is 14.3. The molecule has 4 heteroatoms. The summed E-state index contributed by atoms with van der Waals surface area (Å²) in [4.78, 5) is 11.5. The fraction of sp³-hybridized carbons (Fsp3) is 0.923. The molecule has 0 aromatic carbocycles. The van der Waals surface area contributed by atoms with Gasteiger partial charge in [-0.05, 0) is 25.7 Å². The summed E-state index contributed by atoms with van der Waals surface area (Å²) in [6.45, 7) is 4.99. The minimum absolute atomic E-state index is 0.00421. The van der Waals surface area contributed by atoms with Crippen molar-refractivity contribution in [3.63, 3.8) is 0 Å². The lowest BCUT2D eigenvalue weighted by molar-refractivity contribution is -0.00962. The van der Waals surface area contributed by atoms with E-state index in [0.29, 0.717) is 0 Å². The zero-order chi connectivity index (χ0) is 12.5. The van der Waals surface area contributed by atoms with Crippen LogP contribution in [-0.2, 0) is 9.47 Å². The van der Waals surface area contributed by atoms with E-state index in [2.05, 4.69) is 12.2 Å². The monoisotopic (exact) mass is 242 g/mol. The summed E-state index contributed by atoms with van der Waals surface area (Å²) in [5.74, 6) is 0. The first-order valence-electron chi connectivity index (χ1n) is 6.80. The largest absolute Gasteiger partial charge is 0.510 e. The van der Waals surface area contributed by atoms with Gasteiger partial charge in [-0.2, -0.15) is 0 Å². The third-order valence-corrected chi connectivity index (χ3v) is 3.02. The van der Waals surface area contributed by atoms with Gasteiger partial charge in [0.15, 0.2) is 6.23 Å². The second kappa shape index (κ2) is 8.34. The lowest BCUT2D eigenvalue weighted by atomic mass is 10.1. The van der Waals surface area contributed by atoms with Gasteiger partial charge in [0.05, 0.1) is 0 Å². The highest BCUT2D eigenvalue weighted by molar-refractivity contribution is 5.60. The van der Waals surface area contributed by atoms with Crippen LogP contribution in [0.4, 0.5) is 4.79 Å². The molecule has 1 radical (unpaired) electrons. The van der Waals surface area contributed by atoms with E-state index in [-0.39, 0.29) is 12.3 Å². The van der Waals surface area contributed by atoms with Crippen LogP contribution in [0.25, 0.3) is 0 Å². The number of carbonyl (C=O) groups excluding carboxylic acids is 1. The van der Waals surface area contributed by atoms with Crippen molar-refractivity contribution >= 4 is 6.16 Å². The molecule has 0 spiro atoms. The highest BCUT2D eigenvalue weighted by Gasteiger charge is 2.22. The molecule has 0 bridgehead atoms. The molecular weight excluding hydrogens is 218 g/mol. The molecule has 0 amide bonds.